The van der Waals surface area contributed by atoms with E-state index in [2.05, 4.69) is 36.9 Å². The fourth-order valence-corrected chi connectivity index (χ4v) is 1.72. The first kappa shape index (κ1) is 10.4. The Hall–Kier alpha value is -0.690. The highest BCUT2D eigenvalue weighted by molar-refractivity contribution is 6.17. The van der Waals surface area contributed by atoms with Gasteiger partial charge in [-0.25, -0.2) is 0 Å². The van der Waals surface area contributed by atoms with Gasteiger partial charge in [0.15, 0.2) is 0 Å². The van der Waals surface area contributed by atoms with Gasteiger partial charge in [-0.2, -0.15) is 0 Å². The highest BCUT2D eigenvalue weighted by Gasteiger charge is 2.05. The molecule has 0 saturated carbocycles. The lowest BCUT2D eigenvalue weighted by molar-refractivity contribution is 0.861. The minimum Gasteiger partial charge on any atom is -0.372 e. The monoisotopic (exact) mass is 197 g/mol. The summed E-state index contributed by atoms with van der Waals surface area (Å²) >= 11 is 5.86. The zero-order valence-electron chi connectivity index (χ0n) is 8.26. The van der Waals surface area contributed by atoms with E-state index in [9.17, 15) is 0 Å². The average molecular weight is 198 g/mol. The Morgan fingerprint density at radius 1 is 1.15 bits per heavy atom. The summed E-state index contributed by atoms with van der Waals surface area (Å²) < 4.78 is 0. The molecule has 1 aromatic rings. The Morgan fingerprint density at radius 3 is 2.31 bits per heavy atom. The SMILES string of the molecule is CCN(CC)c1ccccc1CCl. The van der Waals surface area contributed by atoms with E-state index in [1.165, 1.54) is 11.3 Å². The van der Waals surface area contributed by atoms with Crippen LogP contribution in [0.25, 0.3) is 0 Å². The number of halogens is 1. The zero-order chi connectivity index (χ0) is 9.68. The van der Waals surface area contributed by atoms with Crippen molar-refractivity contribution in [2.24, 2.45) is 0 Å². The van der Waals surface area contributed by atoms with E-state index in [1.807, 2.05) is 6.07 Å². The number of nitrogens with zero attached hydrogens (tertiary/aromatic N) is 1. The van der Waals surface area contributed by atoms with E-state index in [4.69, 9.17) is 11.6 Å². The molecule has 0 aromatic heterocycles. The number of para-hydroxylation sites is 1. The molecule has 0 aliphatic heterocycles. The summed E-state index contributed by atoms with van der Waals surface area (Å²) in [6, 6.07) is 8.31. The lowest BCUT2D eigenvalue weighted by Gasteiger charge is -2.23. The van der Waals surface area contributed by atoms with Crippen LogP contribution in [0.2, 0.25) is 0 Å². The van der Waals surface area contributed by atoms with Crippen molar-refractivity contribution in [3.05, 3.63) is 29.8 Å². The molecule has 0 heterocycles. The van der Waals surface area contributed by atoms with Crippen LogP contribution in [0.15, 0.2) is 24.3 Å². The number of anilines is 1. The summed E-state index contributed by atoms with van der Waals surface area (Å²) in [6.07, 6.45) is 0. The summed E-state index contributed by atoms with van der Waals surface area (Å²) in [5.74, 6) is 0.590. The Kier molecular flexibility index (Phi) is 4.10. The number of alkyl halides is 1. The molecule has 72 valence electrons. The summed E-state index contributed by atoms with van der Waals surface area (Å²) in [4.78, 5) is 2.32. The summed E-state index contributed by atoms with van der Waals surface area (Å²) in [6.45, 7) is 6.39. The Balaban J connectivity index is 2.96. The van der Waals surface area contributed by atoms with Gasteiger partial charge in [0.1, 0.15) is 0 Å². The first-order chi connectivity index (χ1) is 6.33. The van der Waals surface area contributed by atoms with Gasteiger partial charge < -0.3 is 4.90 Å². The van der Waals surface area contributed by atoms with Crippen LogP contribution < -0.4 is 4.90 Å². The quantitative estimate of drug-likeness (QED) is 0.670. The second-order valence-electron chi connectivity index (χ2n) is 2.93. The first-order valence-electron chi connectivity index (χ1n) is 4.72. The molecule has 0 aliphatic rings. The van der Waals surface area contributed by atoms with E-state index < -0.39 is 0 Å². The van der Waals surface area contributed by atoms with Gasteiger partial charge in [0.05, 0.1) is 0 Å². The molecular weight excluding hydrogens is 182 g/mol. The minimum atomic E-state index is 0.590. The Morgan fingerprint density at radius 2 is 1.77 bits per heavy atom. The van der Waals surface area contributed by atoms with E-state index in [0.717, 1.165) is 13.1 Å². The van der Waals surface area contributed by atoms with Crippen molar-refractivity contribution in [2.45, 2.75) is 19.7 Å². The van der Waals surface area contributed by atoms with Gasteiger partial charge >= 0.3 is 0 Å². The predicted octanol–water partition coefficient (Wildman–Crippen LogP) is 3.27. The molecule has 1 nitrogen and oxygen atoms in total. The third-order valence-corrected chi connectivity index (χ3v) is 2.53. The second-order valence-corrected chi connectivity index (χ2v) is 3.20. The van der Waals surface area contributed by atoms with Gasteiger partial charge in [-0.3, -0.25) is 0 Å². The largest absolute Gasteiger partial charge is 0.372 e. The molecule has 0 atom stereocenters. The molecule has 0 radical (unpaired) electrons. The van der Waals surface area contributed by atoms with Crippen molar-refractivity contribution in [1.29, 1.82) is 0 Å². The lowest BCUT2D eigenvalue weighted by Crippen LogP contribution is -2.22. The van der Waals surface area contributed by atoms with Crippen molar-refractivity contribution >= 4 is 17.3 Å². The topological polar surface area (TPSA) is 3.24 Å². The molecule has 0 aliphatic carbocycles. The zero-order valence-corrected chi connectivity index (χ0v) is 9.01. The number of rotatable bonds is 4. The number of benzene rings is 1. The summed E-state index contributed by atoms with van der Waals surface area (Å²) in [5.41, 5.74) is 2.48. The van der Waals surface area contributed by atoms with E-state index in [1.54, 1.807) is 0 Å². The van der Waals surface area contributed by atoms with Crippen molar-refractivity contribution in [1.82, 2.24) is 0 Å². The maximum atomic E-state index is 5.86. The van der Waals surface area contributed by atoms with Crippen LogP contribution in [0, 0.1) is 0 Å². The molecule has 0 saturated heterocycles. The fourth-order valence-electron chi connectivity index (χ4n) is 1.50. The molecule has 1 rings (SSSR count). The molecule has 0 unspecified atom stereocenters. The van der Waals surface area contributed by atoms with Gasteiger partial charge in [-0.15, -0.1) is 11.6 Å². The van der Waals surface area contributed by atoms with Crippen LogP contribution in [-0.2, 0) is 5.88 Å². The van der Waals surface area contributed by atoms with Gasteiger partial charge in [-0.05, 0) is 25.5 Å². The summed E-state index contributed by atoms with van der Waals surface area (Å²) in [7, 11) is 0. The average Bonchev–Trinajstić information content (AvgIpc) is 2.20. The van der Waals surface area contributed by atoms with Crippen LogP contribution >= 0.6 is 11.6 Å². The Bertz CT molecular complexity index is 256. The van der Waals surface area contributed by atoms with Crippen molar-refractivity contribution in [3.63, 3.8) is 0 Å². The van der Waals surface area contributed by atoms with Crippen LogP contribution in [0.3, 0.4) is 0 Å². The smallest absolute Gasteiger partial charge is 0.0494 e. The van der Waals surface area contributed by atoms with Gasteiger partial charge in [0.25, 0.3) is 0 Å². The predicted molar refractivity (Wildman–Crippen MR) is 59.6 cm³/mol. The van der Waals surface area contributed by atoms with Gasteiger partial charge in [0, 0.05) is 24.7 Å². The molecule has 0 bridgehead atoms. The molecule has 0 N–H and O–H groups in total. The molecule has 0 fully saturated rings. The third kappa shape index (κ3) is 2.38. The molecule has 1 aromatic carbocycles. The van der Waals surface area contributed by atoms with E-state index in [0.29, 0.717) is 5.88 Å². The van der Waals surface area contributed by atoms with Crippen molar-refractivity contribution in [2.75, 3.05) is 18.0 Å². The molecular formula is C11H16ClN. The normalized spacial score (nSPS) is 10.1. The second kappa shape index (κ2) is 5.13. The third-order valence-electron chi connectivity index (χ3n) is 2.24. The molecule has 0 spiro atoms. The number of hydrogen-bond acceptors (Lipinski definition) is 1. The van der Waals surface area contributed by atoms with E-state index in [-0.39, 0.29) is 0 Å². The van der Waals surface area contributed by atoms with Crippen LogP contribution in [0.4, 0.5) is 5.69 Å². The first-order valence-corrected chi connectivity index (χ1v) is 5.25. The maximum Gasteiger partial charge on any atom is 0.0494 e. The van der Waals surface area contributed by atoms with Crippen LogP contribution in [0.1, 0.15) is 19.4 Å². The Labute approximate surface area is 85.3 Å². The van der Waals surface area contributed by atoms with Crippen LogP contribution in [-0.4, -0.2) is 13.1 Å². The molecule has 13 heavy (non-hydrogen) atoms. The molecule has 2 heteroatoms. The maximum absolute atomic E-state index is 5.86. The minimum absolute atomic E-state index is 0.590. The fraction of sp³-hybridized carbons (Fsp3) is 0.455. The number of hydrogen-bond donors (Lipinski definition) is 0. The highest BCUT2D eigenvalue weighted by atomic mass is 35.5. The summed E-state index contributed by atoms with van der Waals surface area (Å²) in [5, 5.41) is 0. The van der Waals surface area contributed by atoms with E-state index >= 15 is 0 Å². The van der Waals surface area contributed by atoms with Crippen LogP contribution in [0.5, 0.6) is 0 Å². The molecule has 0 amide bonds. The lowest BCUT2D eigenvalue weighted by atomic mass is 10.2. The highest BCUT2D eigenvalue weighted by Crippen LogP contribution is 2.21. The van der Waals surface area contributed by atoms with Crippen molar-refractivity contribution in [3.8, 4) is 0 Å². The van der Waals surface area contributed by atoms with Gasteiger partial charge in [0.2, 0.25) is 0 Å². The van der Waals surface area contributed by atoms with Gasteiger partial charge in [-0.1, -0.05) is 18.2 Å². The standard InChI is InChI=1S/C11H16ClN/c1-3-13(4-2)11-8-6-5-7-10(11)9-12/h5-8H,3-4,9H2,1-2H3. The van der Waals surface area contributed by atoms with Crippen molar-refractivity contribution < 1.29 is 0 Å².